The molecule has 0 bridgehead atoms. The summed E-state index contributed by atoms with van der Waals surface area (Å²) >= 11 is 0. The van der Waals surface area contributed by atoms with Gasteiger partial charge in [0.25, 0.3) is 0 Å². The molecular formula is C13H27NO. The highest BCUT2D eigenvalue weighted by Gasteiger charge is 2.24. The van der Waals surface area contributed by atoms with Gasteiger partial charge in [-0.1, -0.05) is 20.8 Å². The minimum atomic E-state index is 0.540. The summed E-state index contributed by atoms with van der Waals surface area (Å²) in [4.78, 5) is 0. The second kappa shape index (κ2) is 7.24. The molecule has 0 aromatic heterocycles. The van der Waals surface area contributed by atoms with Crippen LogP contribution in [0, 0.1) is 11.8 Å². The molecule has 1 rings (SSSR count). The van der Waals surface area contributed by atoms with Gasteiger partial charge in [0.2, 0.25) is 0 Å². The van der Waals surface area contributed by atoms with Crippen LogP contribution in [-0.2, 0) is 4.74 Å². The van der Waals surface area contributed by atoms with Crippen LogP contribution in [0.1, 0.15) is 46.5 Å². The molecule has 15 heavy (non-hydrogen) atoms. The molecular weight excluding hydrogens is 186 g/mol. The van der Waals surface area contributed by atoms with Gasteiger partial charge in [-0.25, -0.2) is 0 Å². The van der Waals surface area contributed by atoms with Crippen LogP contribution in [0.15, 0.2) is 0 Å². The summed E-state index contributed by atoms with van der Waals surface area (Å²) in [7, 11) is 0. The first-order valence-electron chi connectivity index (χ1n) is 6.56. The Morgan fingerprint density at radius 2 is 2.00 bits per heavy atom. The Hall–Kier alpha value is -0.0800. The minimum absolute atomic E-state index is 0.540. The Bertz CT molecular complexity index is 161. The van der Waals surface area contributed by atoms with E-state index in [1.54, 1.807) is 0 Å². The van der Waals surface area contributed by atoms with E-state index in [1.807, 2.05) is 0 Å². The molecule has 90 valence electrons. The molecule has 0 amide bonds. The highest BCUT2D eigenvalue weighted by molar-refractivity contribution is 4.75. The Kier molecular flexibility index (Phi) is 6.26. The maximum atomic E-state index is 5.91. The molecule has 1 aliphatic carbocycles. The van der Waals surface area contributed by atoms with Crippen LogP contribution in [0.5, 0.6) is 0 Å². The van der Waals surface area contributed by atoms with Crippen molar-refractivity contribution >= 4 is 0 Å². The predicted octanol–water partition coefficient (Wildman–Crippen LogP) is 2.83. The van der Waals surface area contributed by atoms with Crippen molar-refractivity contribution in [2.24, 2.45) is 11.8 Å². The highest BCUT2D eigenvalue weighted by atomic mass is 16.5. The first-order valence-corrected chi connectivity index (χ1v) is 6.56. The van der Waals surface area contributed by atoms with Crippen molar-refractivity contribution < 1.29 is 4.74 Å². The van der Waals surface area contributed by atoms with Crippen molar-refractivity contribution in [2.75, 3.05) is 19.7 Å². The lowest BCUT2D eigenvalue weighted by Gasteiger charge is -2.31. The fraction of sp³-hybridized carbons (Fsp3) is 1.00. The molecule has 0 spiro atoms. The van der Waals surface area contributed by atoms with Gasteiger partial charge in [0.1, 0.15) is 0 Å². The zero-order valence-corrected chi connectivity index (χ0v) is 10.6. The molecule has 2 nitrogen and oxygen atoms in total. The van der Waals surface area contributed by atoms with E-state index < -0.39 is 0 Å². The van der Waals surface area contributed by atoms with Crippen LogP contribution in [0.3, 0.4) is 0 Å². The molecule has 2 heteroatoms. The Labute approximate surface area is 94.8 Å². The summed E-state index contributed by atoms with van der Waals surface area (Å²) in [6.07, 6.45) is 5.57. The van der Waals surface area contributed by atoms with Crippen LogP contribution in [0.4, 0.5) is 0 Å². The molecule has 3 atom stereocenters. The van der Waals surface area contributed by atoms with E-state index in [1.165, 1.54) is 19.3 Å². The lowest BCUT2D eigenvalue weighted by atomic mass is 9.80. The average molecular weight is 213 g/mol. The first kappa shape index (κ1) is 13.0. The van der Waals surface area contributed by atoms with Crippen molar-refractivity contribution in [1.82, 2.24) is 5.32 Å². The quantitative estimate of drug-likeness (QED) is 0.685. The van der Waals surface area contributed by atoms with Crippen LogP contribution in [0.2, 0.25) is 0 Å². The third-order valence-corrected chi connectivity index (χ3v) is 3.65. The molecule has 0 aromatic rings. The monoisotopic (exact) mass is 213 g/mol. The van der Waals surface area contributed by atoms with Gasteiger partial charge in [-0.05, 0) is 50.6 Å². The van der Waals surface area contributed by atoms with Crippen molar-refractivity contribution in [3.63, 3.8) is 0 Å². The summed E-state index contributed by atoms with van der Waals surface area (Å²) in [5, 5.41) is 3.32. The Morgan fingerprint density at radius 3 is 2.67 bits per heavy atom. The van der Waals surface area contributed by atoms with Gasteiger partial charge in [-0.2, -0.15) is 0 Å². The zero-order chi connectivity index (χ0) is 11.1. The molecule has 1 saturated carbocycles. The normalized spacial score (nSPS) is 31.8. The second-order valence-corrected chi connectivity index (χ2v) is 4.97. The zero-order valence-electron chi connectivity index (χ0n) is 10.6. The third-order valence-electron chi connectivity index (χ3n) is 3.65. The van der Waals surface area contributed by atoms with Crippen LogP contribution in [0.25, 0.3) is 0 Å². The Morgan fingerprint density at radius 1 is 1.20 bits per heavy atom. The third kappa shape index (κ3) is 4.98. The van der Waals surface area contributed by atoms with Crippen LogP contribution >= 0.6 is 0 Å². The number of nitrogens with one attached hydrogen (secondary N) is 1. The number of hydrogen-bond donors (Lipinski definition) is 1. The topological polar surface area (TPSA) is 21.3 Å². The van der Waals surface area contributed by atoms with E-state index in [0.717, 1.165) is 38.0 Å². The summed E-state index contributed by atoms with van der Waals surface area (Å²) < 4.78 is 5.91. The smallest absolute Gasteiger partial charge is 0.0577 e. The van der Waals surface area contributed by atoms with E-state index in [0.29, 0.717) is 6.10 Å². The van der Waals surface area contributed by atoms with E-state index in [4.69, 9.17) is 4.74 Å². The van der Waals surface area contributed by atoms with Gasteiger partial charge in [0.05, 0.1) is 6.10 Å². The summed E-state index contributed by atoms with van der Waals surface area (Å²) in [6.45, 7) is 9.96. The Balaban J connectivity index is 2.02. The van der Waals surface area contributed by atoms with Gasteiger partial charge < -0.3 is 10.1 Å². The SMILES string of the molecule is CCNCCCOC1CCC(C)C(C)C1. The molecule has 0 saturated heterocycles. The molecule has 0 aromatic carbocycles. The highest BCUT2D eigenvalue weighted by Crippen LogP contribution is 2.30. The number of ether oxygens (including phenoxy) is 1. The maximum Gasteiger partial charge on any atom is 0.0577 e. The predicted molar refractivity (Wildman–Crippen MR) is 65.1 cm³/mol. The number of rotatable bonds is 6. The molecule has 1 fully saturated rings. The summed E-state index contributed by atoms with van der Waals surface area (Å²) in [5.41, 5.74) is 0. The van der Waals surface area contributed by atoms with Crippen molar-refractivity contribution in [2.45, 2.75) is 52.6 Å². The van der Waals surface area contributed by atoms with Crippen LogP contribution < -0.4 is 5.32 Å². The molecule has 1 N–H and O–H groups in total. The molecule has 0 radical (unpaired) electrons. The standard InChI is InChI=1S/C13H27NO/c1-4-14-8-5-9-15-13-7-6-11(2)12(3)10-13/h11-14H,4-10H2,1-3H3. The fourth-order valence-electron chi connectivity index (χ4n) is 2.27. The van der Waals surface area contributed by atoms with Gasteiger partial charge in [-0.15, -0.1) is 0 Å². The van der Waals surface area contributed by atoms with Gasteiger partial charge in [0, 0.05) is 6.61 Å². The molecule has 0 heterocycles. The largest absolute Gasteiger partial charge is 0.378 e. The molecule has 0 aliphatic heterocycles. The molecule has 1 aliphatic rings. The lowest BCUT2D eigenvalue weighted by molar-refractivity contribution is 0.00186. The van der Waals surface area contributed by atoms with Gasteiger partial charge in [-0.3, -0.25) is 0 Å². The van der Waals surface area contributed by atoms with E-state index >= 15 is 0 Å². The van der Waals surface area contributed by atoms with Gasteiger partial charge in [0.15, 0.2) is 0 Å². The molecule has 3 unspecified atom stereocenters. The summed E-state index contributed by atoms with van der Waals surface area (Å²) in [5.74, 6) is 1.74. The van der Waals surface area contributed by atoms with Gasteiger partial charge >= 0.3 is 0 Å². The minimum Gasteiger partial charge on any atom is -0.378 e. The summed E-state index contributed by atoms with van der Waals surface area (Å²) in [6, 6.07) is 0. The number of hydrogen-bond acceptors (Lipinski definition) is 2. The van der Waals surface area contributed by atoms with E-state index in [9.17, 15) is 0 Å². The van der Waals surface area contributed by atoms with Crippen molar-refractivity contribution in [3.05, 3.63) is 0 Å². The maximum absolute atomic E-state index is 5.91. The lowest BCUT2D eigenvalue weighted by Crippen LogP contribution is -2.27. The van der Waals surface area contributed by atoms with Crippen molar-refractivity contribution in [3.8, 4) is 0 Å². The second-order valence-electron chi connectivity index (χ2n) is 4.97. The average Bonchev–Trinajstić information content (AvgIpc) is 2.23. The fourth-order valence-corrected chi connectivity index (χ4v) is 2.27. The van der Waals surface area contributed by atoms with Crippen LogP contribution in [-0.4, -0.2) is 25.8 Å². The first-order chi connectivity index (χ1) is 7.24. The van der Waals surface area contributed by atoms with Crippen molar-refractivity contribution in [1.29, 1.82) is 0 Å². The van der Waals surface area contributed by atoms with E-state index in [-0.39, 0.29) is 0 Å². The van der Waals surface area contributed by atoms with E-state index in [2.05, 4.69) is 26.1 Å².